The summed E-state index contributed by atoms with van der Waals surface area (Å²) in [4.78, 5) is 38.9. The van der Waals surface area contributed by atoms with Gasteiger partial charge in [0.25, 0.3) is 11.1 Å². The van der Waals surface area contributed by atoms with Crippen molar-refractivity contribution in [2.45, 2.75) is 62.4 Å². The molecule has 6 rings (SSSR count). The molecular formula is C42H40F6N6O7S2. The number of pyridine rings is 2. The van der Waals surface area contributed by atoms with Gasteiger partial charge in [0.1, 0.15) is 22.9 Å². The second-order valence-corrected chi connectivity index (χ2v) is 17.0. The summed E-state index contributed by atoms with van der Waals surface area (Å²) < 4.78 is 129. The normalized spacial score (nSPS) is 12.3. The summed E-state index contributed by atoms with van der Waals surface area (Å²) in [5, 5.41) is -1.37. The Balaban J connectivity index is 0.000000238. The van der Waals surface area contributed by atoms with Crippen molar-refractivity contribution >= 4 is 20.6 Å². The standard InChI is InChI=1S/C21H20F3N3O4S.C21H20F3N3O3S/c1-3-9-31-16-6-4-5-14(10-16)12-27-13-15(7-8-19(27)28)17-11-18(21(22,23)24)26-20(25-17)32(2,29)30;1-3-9-30-16-6-4-5-14(10-16)12-27-13-15(7-8-19(27)28)17-11-18(21(22,23)24)26-20(25-17)31(2)29/h4-8,10-11,13H,3,9,12H2,1-2H3;4-8,10-11,13H,3,9,12H2,1-2H3. The van der Waals surface area contributed by atoms with Crippen molar-refractivity contribution in [1.82, 2.24) is 29.1 Å². The molecule has 0 amide bonds. The maximum atomic E-state index is 13.3. The molecule has 334 valence electrons. The van der Waals surface area contributed by atoms with E-state index in [1.807, 2.05) is 26.0 Å². The number of hydrogen-bond donors (Lipinski definition) is 0. The fourth-order valence-corrected chi connectivity index (χ4v) is 6.63. The lowest BCUT2D eigenvalue weighted by atomic mass is 10.1. The van der Waals surface area contributed by atoms with Crippen LogP contribution in [0.3, 0.4) is 0 Å². The Labute approximate surface area is 359 Å². The van der Waals surface area contributed by atoms with E-state index in [0.29, 0.717) is 30.8 Å². The van der Waals surface area contributed by atoms with Gasteiger partial charge in [0.05, 0.1) is 48.5 Å². The third-order valence-corrected chi connectivity index (χ3v) is 10.1. The van der Waals surface area contributed by atoms with Crippen molar-refractivity contribution in [2.24, 2.45) is 0 Å². The smallest absolute Gasteiger partial charge is 0.433 e. The van der Waals surface area contributed by atoms with E-state index >= 15 is 0 Å². The van der Waals surface area contributed by atoms with Crippen LogP contribution in [0.2, 0.25) is 0 Å². The first-order chi connectivity index (χ1) is 29.6. The summed E-state index contributed by atoms with van der Waals surface area (Å²) in [6.45, 7) is 5.39. The number of benzene rings is 2. The zero-order valence-corrected chi connectivity index (χ0v) is 35.7. The van der Waals surface area contributed by atoms with Crippen molar-refractivity contribution in [3.8, 4) is 34.0 Å². The monoisotopic (exact) mass is 918 g/mol. The van der Waals surface area contributed by atoms with Crippen LogP contribution in [-0.4, -0.2) is 67.4 Å². The van der Waals surface area contributed by atoms with Crippen molar-refractivity contribution < 1.29 is 48.4 Å². The van der Waals surface area contributed by atoms with Crippen molar-refractivity contribution in [3.63, 3.8) is 0 Å². The minimum Gasteiger partial charge on any atom is -0.494 e. The Morgan fingerprint density at radius 2 is 1.08 bits per heavy atom. The van der Waals surface area contributed by atoms with E-state index in [9.17, 15) is 48.6 Å². The van der Waals surface area contributed by atoms with Crippen LogP contribution in [0.15, 0.2) is 117 Å². The first-order valence-electron chi connectivity index (χ1n) is 19.0. The number of nitrogens with zero attached hydrogens (tertiary/aromatic N) is 6. The van der Waals surface area contributed by atoms with Crippen LogP contribution >= 0.6 is 0 Å². The van der Waals surface area contributed by atoms with Gasteiger partial charge < -0.3 is 18.6 Å². The predicted molar refractivity (Wildman–Crippen MR) is 222 cm³/mol. The Bertz CT molecular complexity index is 2830. The lowest BCUT2D eigenvalue weighted by molar-refractivity contribution is -0.142. The molecule has 2 aromatic carbocycles. The minimum absolute atomic E-state index is 0.0682. The number of hydrogen-bond acceptors (Lipinski definition) is 11. The molecule has 0 aliphatic heterocycles. The molecule has 0 aliphatic rings. The highest BCUT2D eigenvalue weighted by atomic mass is 32.2. The van der Waals surface area contributed by atoms with Crippen LogP contribution in [0.25, 0.3) is 22.5 Å². The lowest BCUT2D eigenvalue weighted by Gasteiger charge is -2.12. The molecule has 0 saturated carbocycles. The Morgan fingerprint density at radius 3 is 1.49 bits per heavy atom. The highest BCUT2D eigenvalue weighted by molar-refractivity contribution is 7.90. The lowest BCUT2D eigenvalue weighted by Crippen LogP contribution is -2.19. The Morgan fingerprint density at radius 1 is 0.635 bits per heavy atom. The van der Waals surface area contributed by atoms with Gasteiger partial charge in [-0.1, -0.05) is 38.1 Å². The van der Waals surface area contributed by atoms with E-state index in [4.69, 9.17) is 9.47 Å². The van der Waals surface area contributed by atoms with Crippen molar-refractivity contribution in [2.75, 3.05) is 25.7 Å². The highest BCUT2D eigenvalue weighted by Gasteiger charge is 2.35. The van der Waals surface area contributed by atoms with Crippen molar-refractivity contribution in [1.29, 1.82) is 0 Å². The first-order valence-corrected chi connectivity index (χ1v) is 22.4. The summed E-state index contributed by atoms with van der Waals surface area (Å²) in [6, 6.07) is 20.9. The van der Waals surface area contributed by atoms with Crippen LogP contribution in [0.4, 0.5) is 26.3 Å². The molecule has 21 heteroatoms. The number of alkyl halides is 6. The van der Waals surface area contributed by atoms with E-state index in [1.165, 1.54) is 52.0 Å². The molecule has 0 aliphatic carbocycles. The van der Waals surface area contributed by atoms with Crippen LogP contribution in [0, 0.1) is 0 Å². The SMILES string of the molecule is CCCOc1cccc(Cn2cc(-c3cc(C(F)(F)F)nc(S(C)(=O)=O)n3)ccc2=O)c1.CCCOc1cccc(Cn2cc(-c3cc(C(F)(F)F)nc(S(C)=O)n3)ccc2=O)c1. The highest BCUT2D eigenvalue weighted by Crippen LogP contribution is 2.32. The zero-order chi connectivity index (χ0) is 46.1. The van der Waals surface area contributed by atoms with Gasteiger partial charge in [-0.2, -0.15) is 26.3 Å². The molecule has 4 heterocycles. The third-order valence-electron chi connectivity index (χ3n) is 8.59. The van der Waals surface area contributed by atoms with Gasteiger partial charge in [0.15, 0.2) is 0 Å². The molecule has 1 atom stereocenters. The number of aromatic nitrogens is 6. The number of ether oxygens (including phenoxy) is 2. The molecule has 6 aromatic rings. The van der Waals surface area contributed by atoms with Crippen LogP contribution < -0.4 is 20.6 Å². The average molecular weight is 919 g/mol. The molecule has 0 bridgehead atoms. The van der Waals surface area contributed by atoms with E-state index in [2.05, 4.69) is 19.9 Å². The topological polar surface area (TPSA) is 165 Å². The zero-order valence-electron chi connectivity index (χ0n) is 34.1. The van der Waals surface area contributed by atoms with Crippen LogP contribution in [0.5, 0.6) is 11.5 Å². The van der Waals surface area contributed by atoms with Crippen LogP contribution in [-0.2, 0) is 46.1 Å². The predicted octanol–water partition coefficient (Wildman–Crippen LogP) is 7.46. The Hall–Kier alpha value is -6.22. The Kier molecular flexibility index (Phi) is 15.4. The number of rotatable bonds is 14. The second-order valence-electron chi connectivity index (χ2n) is 13.8. The maximum Gasteiger partial charge on any atom is 0.433 e. The van der Waals surface area contributed by atoms with E-state index < -0.39 is 54.7 Å². The molecular weight excluding hydrogens is 879 g/mol. The quantitative estimate of drug-likeness (QED) is 0.0787. The van der Waals surface area contributed by atoms with Gasteiger partial charge in [-0.05, 0) is 72.5 Å². The van der Waals surface area contributed by atoms with Gasteiger partial charge in [-0.3, -0.25) is 13.8 Å². The summed E-state index contributed by atoms with van der Waals surface area (Å²) >= 11 is 0. The minimum atomic E-state index is -4.87. The molecule has 0 N–H and O–H groups in total. The molecule has 0 radical (unpaired) electrons. The molecule has 0 spiro atoms. The van der Waals surface area contributed by atoms with Crippen molar-refractivity contribution in [3.05, 3.63) is 141 Å². The largest absolute Gasteiger partial charge is 0.494 e. The van der Waals surface area contributed by atoms with E-state index in [0.717, 1.165) is 36.3 Å². The summed E-state index contributed by atoms with van der Waals surface area (Å²) in [7, 11) is -5.91. The number of halogens is 6. The molecule has 13 nitrogen and oxygen atoms in total. The van der Waals surface area contributed by atoms with Gasteiger partial charge in [-0.25, -0.2) is 28.4 Å². The molecule has 0 saturated heterocycles. The second kappa shape index (κ2) is 20.3. The summed E-state index contributed by atoms with van der Waals surface area (Å²) in [5.41, 5.74) is -1.67. The molecule has 0 fully saturated rings. The fourth-order valence-electron chi connectivity index (χ4n) is 5.64. The third kappa shape index (κ3) is 13.4. The molecule has 1 unspecified atom stereocenters. The first kappa shape index (κ1) is 47.8. The van der Waals surface area contributed by atoms with Gasteiger partial charge in [-0.15, -0.1) is 0 Å². The maximum absolute atomic E-state index is 13.3. The van der Waals surface area contributed by atoms with Gasteiger partial charge in [0.2, 0.25) is 20.2 Å². The van der Waals surface area contributed by atoms with E-state index in [1.54, 1.807) is 36.4 Å². The van der Waals surface area contributed by atoms with Gasteiger partial charge in [0, 0.05) is 48.2 Å². The summed E-state index contributed by atoms with van der Waals surface area (Å²) in [6.07, 6.45) is -3.23. The summed E-state index contributed by atoms with van der Waals surface area (Å²) in [5.74, 6) is 1.31. The molecule has 63 heavy (non-hydrogen) atoms. The average Bonchev–Trinajstić information content (AvgIpc) is 3.23. The van der Waals surface area contributed by atoms with Crippen LogP contribution in [0.1, 0.15) is 49.2 Å². The molecule has 4 aromatic heterocycles. The van der Waals surface area contributed by atoms with E-state index in [-0.39, 0.29) is 46.7 Å². The van der Waals surface area contributed by atoms with Gasteiger partial charge >= 0.3 is 12.4 Å². The fraction of sp³-hybridized carbons (Fsp3) is 0.286. The number of sulfone groups is 1.